The number of carbonyl (C=O) groups excluding carboxylic acids is 1. The molecule has 0 fully saturated rings. The normalized spacial score (nSPS) is 14.1. The molecular formula is C15H24N4O. The second-order valence-corrected chi connectivity index (χ2v) is 5.10. The van der Waals surface area contributed by atoms with E-state index < -0.39 is 0 Å². The van der Waals surface area contributed by atoms with Gasteiger partial charge in [0, 0.05) is 25.2 Å². The van der Waals surface area contributed by atoms with Gasteiger partial charge in [0.05, 0.1) is 11.4 Å². The van der Waals surface area contributed by atoms with Crippen LogP contribution in [-0.4, -0.2) is 37.0 Å². The van der Waals surface area contributed by atoms with Crippen LogP contribution in [0.15, 0.2) is 12.1 Å². The molecule has 5 heteroatoms. The fourth-order valence-corrected chi connectivity index (χ4v) is 2.49. The maximum absolute atomic E-state index is 11.4. The van der Waals surface area contributed by atoms with Gasteiger partial charge >= 0.3 is 0 Å². The number of rotatable bonds is 6. The van der Waals surface area contributed by atoms with E-state index in [0.29, 0.717) is 12.1 Å². The highest BCUT2D eigenvalue weighted by Gasteiger charge is 2.16. The third-order valence-corrected chi connectivity index (χ3v) is 3.81. The third kappa shape index (κ3) is 3.42. The molecule has 0 unspecified atom stereocenters. The van der Waals surface area contributed by atoms with Crippen LogP contribution in [0.3, 0.4) is 0 Å². The molecule has 0 aromatic heterocycles. The Bertz CT molecular complexity index is 483. The summed E-state index contributed by atoms with van der Waals surface area (Å²) in [7, 11) is 0. The number of aryl methyl sites for hydroxylation is 1. The minimum Gasteiger partial charge on any atom is -0.397 e. The van der Waals surface area contributed by atoms with Crippen molar-refractivity contribution >= 4 is 23.0 Å². The second-order valence-electron chi connectivity index (χ2n) is 5.10. The van der Waals surface area contributed by atoms with Crippen molar-refractivity contribution in [2.24, 2.45) is 0 Å². The molecule has 5 nitrogen and oxygen atoms in total. The Morgan fingerprint density at radius 2 is 2.05 bits per heavy atom. The number of anilines is 3. The smallest absolute Gasteiger partial charge is 0.224 e. The lowest BCUT2D eigenvalue weighted by Gasteiger charge is -2.21. The number of nitrogens with zero attached hydrogens (tertiary/aromatic N) is 1. The van der Waals surface area contributed by atoms with Gasteiger partial charge in [-0.05, 0) is 37.2 Å². The first-order valence-corrected chi connectivity index (χ1v) is 7.32. The fraction of sp³-hybridized carbons (Fsp3) is 0.533. The van der Waals surface area contributed by atoms with Gasteiger partial charge in [-0.25, -0.2) is 0 Å². The summed E-state index contributed by atoms with van der Waals surface area (Å²) in [6.45, 7) is 8.32. The van der Waals surface area contributed by atoms with E-state index in [1.54, 1.807) is 0 Å². The zero-order chi connectivity index (χ0) is 14.5. The Morgan fingerprint density at radius 3 is 2.75 bits per heavy atom. The molecule has 0 radical (unpaired) electrons. The molecular weight excluding hydrogens is 252 g/mol. The number of nitrogens with one attached hydrogen (secondary N) is 2. The van der Waals surface area contributed by atoms with Gasteiger partial charge in [-0.1, -0.05) is 13.8 Å². The minimum absolute atomic E-state index is 0.0687. The number of hydrogen-bond acceptors (Lipinski definition) is 4. The van der Waals surface area contributed by atoms with Gasteiger partial charge < -0.3 is 21.3 Å². The average molecular weight is 276 g/mol. The van der Waals surface area contributed by atoms with E-state index in [4.69, 9.17) is 5.73 Å². The van der Waals surface area contributed by atoms with E-state index in [-0.39, 0.29) is 5.91 Å². The molecule has 1 heterocycles. The van der Waals surface area contributed by atoms with E-state index in [1.165, 1.54) is 0 Å². The number of benzene rings is 1. The van der Waals surface area contributed by atoms with Crippen molar-refractivity contribution in [2.45, 2.75) is 26.7 Å². The Labute approximate surface area is 120 Å². The summed E-state index contributed by atoms with van der Waals surface area (Å²) in [4.78, 5) is 13.7. The van der Waals surface area contributed by atoms with Gasteiger partial charge in [-0.3, -0.25) is 4.79 Å². The van der Waals surface area contributed by atoms with Gasteiger partial charge in [0.25, 0.3) is 0 Å². The molecule has 0 aliphatic carbocycles. The number of likely N-dealkylation sites (N-methyl/N-ethyl adjacent to an activating group) is 1. The van der Waals surface area contributed by atoms with Gasteiger partial charge in [0.2, 0.25) is 5.91 Å². The molecule has 0 spiro atoms. The van der Waals surface area contributed by atoms with Crippen molar-refractivity contribution in [3.05, 3.63) is 17.7 Å². The molecule has 110 valence electrons. The predicted molar refractivity (Wildman–Crippen MR) is 84.1 cm³/mol. The van der Waals surface area contributed by atoms with Gasteiger partial charge in [-0.2, -0.15) is 0 Å². The lowest BCUT2D eigenvalue weighted by atomic mass is 10.0. The largest absolute Gasteiger partial charge is 0.397 e. The first-order valence-electron chi connectivity index (χ1n) is 7.32. The monoisotopic (exact) mass is 276 g/mol. The summed E-state index contributed by atoms with van der Waals surface area (Å²) < 4.78 is 0. The van der Waals surface area contributed by atoms with Gasteiger partial charge in [-0.15, -0.1) is 0 Å². The summed E-state index contributed by atoms with van der Waals surface area (Å²) in [5.74, 6) is 0.0687. The molecule has 2 rings (SSSR count). The predicted octanol–water partition coefficient (Wildman–Crippen LogP) is 1.91. The highest BCUT2D eigenvalue weighted by Crippen LogP contribution is 2.30. The molecule has 4 N–H and O–H groups in total. The van der Waals surface area contributed by atoms with E-state index >= 15 is 0 Å². The Morgan fingerprint density at radius 1 is 1.30 bits per heavy atom. The van der Waals surface area contributed by atoms with E-state index in [1.807, 2.05) is 6.07 Å². The maximum atomic E-state index is 11.4. The van der Waals surface area contributed by atoms with Crippen LogP contribution < -0.4 is 16.4 Å². The summed E-state index contributed by atoms with van der Waals surface area (Å²) in [6, 6.07) is 3.92. The second kappa shape index (κ2) is 6.61. The van der Waals surface area contributed by atoms with E-state index in [9.17, 15) is 4.79 Å². The quantitative estimate of drug-likeness (QED) is 0.694. The molecule has 0 saturated carbocycles. The van der Waals surface area contributed by atoms with Crippen LogP contribution in [0.1, 0.15) is 25.8 Å². The van der Waals surface area contributed by atoms with Crippen molar-refractivity contribution in [3.8, 4) is 0 Å². The topological polar surface area (TPSA) is 70.4 Å². The molecule has 1 aliphatic rings. The molecule has 1 aromatic rings. The first-order chi connectivity index (χ1) is 9.63. The van der Waals surface area contributed by atoms with E-state index in [2.05, 4.69) is 35.4 Å². The Balaban J connectivity index is 2.00. The SMILES string of the molecule is CCN(CC)CCNc1cc2c(cc1N)NC(=O)CC2. The number of amides is 1. The van der Waals surface area contributed by atoms with E-state index in [0.717, 1.165) is 49.5 Å². The van der Waals surface area contributed by atoms with Crippen molar-refractivity contribution in [3.63, 3.8) is 0 Å². The van der Waals surface area contributed by atoms with Crippen molar-refractivity contribution in [2.75, 3.05) is 42.5 Å². The van der Waals surface area contributed by atoms with Crippen LogP contribution >= 0.6 is 0 Å². The minimum atomic E-state index is 0.0687. The molecule has 0 bridgehead atoms. The van der Waals surface area contributed by atoms with Crippen LogP contribution in [0, 0.1) is 0 Å². The van der Waals surface area contributed by atoms with Crippen LogP contribution in [-0.2, 0) is 11.2 Å². The summed E-state index contributed by atoms with van der Waals surface area (Å²) >= 11 is 0. The zero-order valence-electron chi connectivity index (χ0n) is 12.3. The van der Waals surface area contributed by atoms with Crippen molar-refractivity contribution < 1.29 is 4.79 Å². The highest BCUT2D eigenvalue weighted by molar-refractivity contribution is 5.95. The third-order valence-electron chi connectivity index (χ3n) is 3.81. The first kappa shape index (κ1) is 14.7. The van der Waals surface area contributed by atoms with Crippen LogP contribution in [0.25, 0.3) is 0 Å². The lowest BCUT2D eigenvalue weighted by molar-refractivity contribution is -0.116. The molecule has 0 atom stereocenters. The number of hydrogen-bond donors (Lipinski definition) is 3. The zero-order valence-corrected chi connectivity index (χ0v) is 12.3. The Kier molecular flexibility index (Phi) is 4.84. The Hall–Kier alpha value is -1.75. The van der Waals surface area contributed by atoms with Crippen molar-refractivity contribution in [1.82, 2.24) is 4.90 Å². The van der Waals surface area contributed by atoms with Crippen LogP contribution in [0.4, 0.5) is 17.1 Å². The fourth-order valence-electron chi connectivity index (χ4n) is 2.49. The highest BCUT2D eigenvalue weighted by atomic mass is 16.1. The summed E-state index contributed by atoms with van der Waals surface area (Å²) in [5, 5.41) is 6.26. The number of carbonyl (C=O) groups is 1. The van der Waals surface area contributed by atoms with Gasteiger partial charge in [0.15, 0.2) is 0 Å². The molecule has 1 aromatic carbocycles. The van der Waals surface area contributed by atoms with Gasteiger partial charge in [0.1, 0.15) is 0 Å². The average Bonchev–Trinajstić information content (AvgIpc) is 2.44. The van der Waals surface area contributed by atoms with Crippen molar-refractivity contribution in [1.29, 1.82) is 0 Å². The number of nitrogen functional groups attached to an aromatic ring is 1. The lowest BCUT2D eigenvalue weighted by Crippen LogP contribution is -2.28. The maximum Gasteiger partial charge on any atom is 0.224 e. The van der Waals surface area contributed by atoms with Crippen LogP contribution in [0.5, 0.6) is 0 Å². The molecule has 1 aliphatic heterocycles. The molecule has 20 heavy (non-hydrogen) atoms. The standard InChI is InChI=1S/C15H24N4O/c1-3-19(4-2)8-7-17-14-9-11-5-6-15(20)18-13(11)10-12(14)16/h9-10,17H,3-8,16H2,1-2H3,(H,18,20). The molecule has 0 saturated heterocycles. The van der Waals surface area contributed by atoms with Crippen LogP contribution in [0.2, 0.25) is 0 Å². The summed E-state index contributed by atoms with van der Waals surface area (Å²) in [6.07, 6.45) is 1.34. The summed E-state index contributed by atoms with van der Waals surface area (Å²) in [5.41, 5.74) is 9.71. The number of fused-ring (bicyclic) bond motifs is 1. The molecule has 1 amide bonds. The number of nitrogens with two attached hydrogens (primary N) is 1.